The van der Waals surface area contributed by atoms with Crippen molar-refractivity contribution in [1.82, 2.24) is 25.1 Å². The highest BCUT2D eigenvalue weighted by Crippen LogP contribution is 2.37. The summed E-state index contributed by atoms with van der Waals surface area (Å²) < 4.78 is 28.4. The normalized spacial score (nSPS) is 24.2. The van der Waals surface area contributed by atoms with E-state index in [0.717, 1.165) is 62.6 Å². The predicted octanol–water partition coefficient (Wildman–Crippen LogP) is 3.87. The van der Waals surface area contributed by atoms with Crippen LogP contribution < -0.4 is 26.2 Å². The molecule has 1 aromatic heterocycles. The maximum Gasteiger partial charge on any atom is 0.271 e. The van der Waals surface area contributed by atoms with E-state index in [-0.39, 0.29) is 30.5 Å². The Kier molecular flexibility index (Phi) is 10.4. The molecule has 4 fully saturated rings. The van der Waals surface area contributed by atoms with Crippen LogP contribution in [0.1, 0.15) is 81.2 Å². The second kappa shape index (κ2) is 15.5. The summed E-state index contributed by atoms with van der Waals surface area (Å²) in [4.78, 5) is 67.6. The Labute approximate surface area is 329 Å². The summed E-state index contributed by atoms with van der Waals surface area (Å²) in [6.45, 7) is 7.71. The molecule has 3 aromatic rings. The van der Waals surface area contributed by atoms with Crippen LogP contribution in [0.5, 0.6) is 0 Å². The number of allylic oxidation sites excluding steroid dienone is 1. The van der Waals surface area contributed by atoms with Crippen LogP contribution in [0.15, 0.2) is 60.9 Å². The summed E-state index contributed by atoms with van der Waals surface area (Å²) in [5, 5.41) is 15.3. The molecule has 5 aliphatic heterocycles. The Morgan fingerprint density at radius 3 is 2.44 bits per heavy atom. The zero-order valence-electron chi connectivity index (χ0n) is 31.6. The number of benzene rings is 2. The molecule has 57 heavy (non-hydrogen) atoms. The Morgan fingerprint density at radius 2 is 1.72 bits per heavy atom. The van der Waals surface area contributed by atoms with Gasteiger partial charge < -0.3 is 36.2 Å². The average molecular weight is 784 g/mol. The van der Waals surface area contributed by atoms with E-state index in [1.165, 1.54) is 11.8 Å². The molecule has 8 rings (SSSR count). The zero-order chi connectivity index (χ0) is 40.0. The van der Waals surface area contributed by atoms with Gasteiger partial charge in [0.05, 0.1) is 29.8 Å². The summed E-state index contributed by atoms with van der Waals surface area (Å²) in [7, 11) is 0. The molecule has 14 nitrogen and oxygen atoms in total. The minimum absolute atomic E-state index is 0.0315. The van der Waals surface area contributed by atoms with Gasteiger partial charge in [-0.05, 0) is 92.9 Å². The molecule has 5 N–H and O–H groups in total. The molecule has 4 amide bonds. The first-order chi connectivity index (χ1) is 27.4. The van der Waals surface area contributed by atoms with Gasteiger partial charge in [-0.2, -0.15) is 0 Å². The van der Waals surface area contributed by atoms with Crippen LogP contribution in [0.3, 0.4) is 0 Å². The smallest absolute Gasteiger partial charge is 0.271 e. The molecule has 2 unspecified atom stereocenters. The van der Waals surface area contributed by atoms with E-state index in [9.17, 15) is 33.1 Å². The number of imide groups is 1. The number of alkyl halides is 2. The van der Waals surface area contributed by atoms with E-state index in [2.05, 4.69) is 49.1 Å². The summed E-state index contributed by atoms with van der Waals surface area (Å²) >= 11 is 0. The molecule has 6 heterocycles. The summed E-state index contributed by atoms with van der Waals surface area (Å²) in [6, 6.07) is 12.6. The number of aliphatic hydroxyl groups is 1. The van der Waals surface area contributed by atoms with Crippen molar-refractivity contribution in [2.75, 3.05) is 67.5 Å². The number of carbonyl (C=O) groups excluding carboxylic acids is 4. The number of primary amides is 1. The highest BCUT2D eigenvalue weighted by molar-refractivity contribution is 6.23. The van der Waals surface area contributed by atoms with Crippen LogP contribution in [0, 0.1) is 11.8 Å². The van der Waals surface area contributed by atoms with Crippen LogP contribution in [0.2, 0.25) is 0 Å². The number of nitrogens with one attached hydrogen (secondary N) is 2. The SMILES string of the molecule is C=C1CCC(N2C(=O)c3ccc(N4CC[C@H](CN5CCC(c6ccc(Nc7nc(N8CCC(F)(F)C(CO)C8)cnc7C(N)=O)cc6)CC5)C4)cc3C2=O)C(=O)N1. The quantitative estimate of drug-likeness (QED) is 0.220. The highest BCUT2D eigenvalue weighted by Gasteiger charge is 2.45. The maximum atomic E-state index is 14.2. The number of fused-ring (bicyclic) bond motifs is 1. The summed E-state index contributed by atoms with van der Waals surface area (Å²) in [5.74, 6) is -4.89. The van der Waals surface area contributed by atoms with Gasteiger partial charge in [0, 0.05) is 56.2 Å². The van der Waals surface area contributed by atoms with Crippen molar-refractivity contribution < 1.29 is 33.1 Å². The van der Waals surface area contributed by atoms with Crippen molar-refractivity contribution in [3.05, 3.63) is 83.3 Å². The number of nitrogens with zero attached hydrogens (tertiary/aromatic N) is 6. The lowest BCUT2D eigenvalue weighted by Crippen LogP contribution is -2.51. The van der Waals surface area contributed by atoms with Crippen molar-refractivity contribution in [2.24, 2.45) is 17.6 Å². The Balaban J connectivity index is 0.836. The molecule has 300 valence electrons. The third-order valence-electron chi connectivity index (χ3n) is 12.2. The van der Waals surface area contributed by atoms with Gasteiger partial charge in [-0.3, -0.25) is 24.1 Å². The van der Waals surface area contributed by atoms with E-state index >= 15 is 0 Å². The zero-order valence-corrected chi connectivity index (χ0v) is 31.6. The van der Waals surface area contributed by atoms with Gasteiger partial charge in [-0.25, -0.2) is 18.7 Å². The second-order valence-corrected chi connectivity index (χ2v) is 15.9. The largest absolute Gasteiger partial charge is 0.396 e. The first kappa shape index (κ1) is 38.4. The van der Waals surface area contributed by atoms with Crippen molar-refractivity contribution in [3.8, 4) is 0 Å². The van der Waals surface area contributed by atoms with Crippen LogP contribution in [-0.4, -0.2) is 113 Å². The number of aromatic nitrogens is 2. The lowest BCUT2D eigenvalue weighted by atomic mass is 9.89. The molecule has 0 spiro atoms. The third kappa shape index (κ3) is 7.67. The van der Waals surface area contributed by atoms with Gasteiger partial charge in [-0.1, -0.05) is 18.7 Å². The molecule has 0 radical (unpaired) electrons. The monoisotopic (exact) mass is 783 g/mol. The fourth-order valence-electron chi connectivity index (χ4n) is 8.92. The van der Waals surface area contributed by atoms with Gasteiger partial charge >= 0.3 is 0 Å². The number of nitrogens with two attached hydrogens (primary N) is 1. The second-order valence-electron chi connectivity index (χ2n) is 15.9. The number of carbonyl (C=O) groups is 4. The molecule has 3 atom stereocenters. The van der Waals surface area contributed by atoms with Gasteiger partial charge in [0.2, 0.25) is 5.91 Å². The number of hydrogen-bond acceptors (Lipinski definition) is 11. The van der Waals surface area contributed by atoms with Gasteiger partial charge in [-0.15, -0.1) is 0 Å². The highest BCUT2D eigenvalue weighted by atomic mass is 19.3. The minimum Gasteiger partial charge on any atom is -0.396 e. The fourth-order valence-corrected chi connectivity index (χ4v) is 8.92. The first-order valence-corrected chi connectivity index (χ1v) is 19.6. The Morgan fingerprint density at radius 1 is 0.965 bits per heavy atom. The summed E-state index contributed by atoms with van der Waals surface area (Å²) in [6.07, 6.45) is 4.86. The molecule has 0 aliphatic carbocycles. The number of aliphatic hydroxyl groups excluding tert-OH is 1. The van der Waals surface area contributed by atoms with E-state index in [4.69, 9.17) is 5.73 Å². The number of hydrogen-bond donors (Lipinski definition) is 4. The molecule has 4 saturated heterocycles. The first-order valence-electron chi connectivity index (χ1n) is 19.6. The standard InChI is InChI=1S/C41H47F2N9O5/c1-24-2-9-33(38(55)46-24)52-39(56)31-8-7-30(18-32(31)40(52)57)50-16-10-25(21-50)20-49-14-11-27(12-15-49)26-3-5-29(6-4-26)47-37-35(36(44)54)45-19-34(48-37)51-17-13-41(42,43)28(22-51)23-53/h3-8,18-19,25,27-28,33,53H,1-2,9-17,20-23H2,(H2,44,54)(H,46,55)(H,47,48)/t25-,28?,33?/m1/s1. The molecule has 0 bridgehead atoms. The Bertz CT molecular complexity index is 2090. The van der Waals surface area contributed by atoms with E-state index in [1.807, 2.05) is 18.2 Å². The number of anilines is 4. The molecule has 5 aliphatic rings. The fraction of sp³-hybridized carbons (Fsp3) is 0.463. The van der Waals surface area contributed by atoms with Crippen molar-refractivity contribution in [3.63, 3.8) is 0 Å². The number of likely N-dealkylation sites (tertiary alicyclic amines) is 1. The lowest BCUT2D eigenvalue weighted by molar-refractivity contribution is -0.125. The van der Waals surface area contributed by atoms with E-state index < -0.39 is 48.6 Å². The minimum atomic E-state index is -2.97. The molecular formula is C41H47F2N9O5. The van der Waals surface area contributed by atoms with E-state index in [1.54, 1.807) is 17.0 Å². The van der Waals surface area contributed by atoms with E-state index in [0.29, 0.717) is 53.0 Å². The van der Waals surface area contributed by atoms with Crippen molar-refractivity contribution >= 4 is 46.6 Å². The maximum absolute atomic E-state index is 14.2. The molecule has 0 saturated carbocycles. The van der Waals surface area contributed by atoms with Crippen LogP contribution in [0.25, 0.3) is 0 Å². The lowest BCUT2D eigenvalue weighted by Gasteiger charge is -2.38. The van der Waals surface area contributed by atoms with Crippen LogP contribution >= 0.6 is 0 Å². The Hall–Kier alpha value is -5.48. The summed E-state index contributed by atoms with van der Waals surface area (Å²) in [5.41, 5.74) is 9.60. The molecular weight excluding hydrogens is 737 g/mol. The number of piperidine rings is 3. The van der Waals surface area contributed by atoms with Crippen molar-refractivity contribution in [1.29, 1.82) is 0 Å². The number of amides is 4. The van der Waals surface area contributed by atoms with Gasteiger partial charge in [0.15, 0.2) is 11.5 Å². The van der Waals surface area contributed by atoms with Crippen LogP contribution in [-0.2, 0) is 4.79 Å². The predicted molar refractivity (Wildman–Crippen MR) is 209 cm³/mol. The van der Waals surface area contributed by atoms with Gasteiger partial charge in [0.1, 0.15) is 11.9 Å². The topological polar surface area (TPSA) is 177 Å². The number of rotatable bonds is 10. The number of halogens is 2. The average Bonchev–Trinajstić information content (AvgIpc) is 3.76. The van der Waals surface area contributed by atoms with Gasteiger partial charge in [0.25, 0.3) is 23.6 Å². The molecule has 16 heteroatoms. The van der Waals surface area contributed by atoms with Crippen molar-refractivity contribution in [2.45, 2.75) is 56.4 Å². The van der Waals surface area contributed by atoms with Crippen LogP contribution in [0.4, 0.5) is 31.8 Å². The molecule has 2 aromatic carbocycles. The third-order valence-corrected chi connectivity index (χ3v) is 12.2.